The molecule has 1 N–H and O–H groups in total. The molecule has 1 aliphatic heterocycles. The first kappa shape index (κ1) is 14.8. The quantitative estimate of drug-likeness (QED) is 0.937. The fourth-order valence-electron chi connectivity index (χ4n) is 2.53. The summed E-state index contributed by atoms with van der Waals surface area (Å²) in [5, 5.41) is 10.3. The van der Waals surface area contributed by atoms with Crippen molar-refractivity contribution < 1.29 is 9.84 Å². The van der Waals surface area contributed by atoms with Gasteiger partial charge in [0.1, 0.15) is 6.61 Å². The molecule has 3 heteroatoms. The van der Waals surface area contributed by atoms with Crippen LogP contribution in [-0.4, -0.2) is 23.2 Å². The average molecular weight is 295 g/mol. The summed E-state index contributed by atoms with van der Waals surface area (Å²) >= 11 is 0. The van der Waals surface area contributed by atoms with Gasteiger partial charge in [0.05, 0.1) is 11.6 Å². The van der Waals surface area contributed by atoms with Crippen LogP contribution in [0.25, 0.3) is 0 Å². The van der Waals surface area contributed by atoms with Gasteiger partial charge in [0.15, 0.2) is 0 Å². The molecule has 1 atom stereocenters. The van der Waals surface area contributed by atoms with E-state index in [0.717, 1.165) is 16.7 Å². The monoisotopic (exact) mass is 295 g/mol. The summed E-state index contributed by atoms with van der Waals surface area (Å²) < 4.78 is 5.65. The topological polar surface area (TPSA) is 41.8 Å². The van der Waals surface area contributed by atoms with E-state index in [0.29, 0.717) is 18.9 Å². The molecular weight excluding hydrogens is 274 g/mol. The van der Waals surface area contributed by atoms with E-state index < -0.39 is 6.10 Å². The normalized spacial score (nSPS) is 17.7. The molecule has 3 nitrogen and oxygen atoms in total. The van der Waals surface area contributed by atoms with Gasteiger partial charge in [-0.15, -0.1) is 0 Å². The molecular formula is C19H21NO2. The molecule has 0 radical (unpaired) electrons. The van der Waals surface area contributed by atoms with Crippen molar-refractivity contribution in [2.45, 2.75) is 31.9 Å². The highest BCUT2D eigenvalue weighted by Crippen LogP contribution is 2.22. The van der Waals surface area contributed by atoms with Crippen molar-refractivity contribution in [1.82, 2.24) is 0 Å². The second kappa shape index (κ2) is 5.93. The molecule has 1 heterocycles. The van der Waals surface area contributed by atoms with E-state index in [4.69, 9.17) is 4.74 Å². The zero-order valence-electron chi connectivity index (χ0n) is 13.0. The average Bonchev–Trinajstić information content (AvgIpc) is 2.89. The Morgan fingerprint density at radius 3 is 2.36 bits per heavy atom. The molecule has 0 spiro atoms. The zero-order chi connectivity index (χ0) is 15.6. The molecule has 0 bridgehead atoms. The minimum Gasteiger partial charge on any atom is -0.475 e. The summed E-state index contributed by atoms with van der Waals surface area (Å²) in [6.45, 7) is 4.74. The molecule has 0 saturated carbocycles. The van der Waals surface area contributed by atoms with Crippen LogP contribution in [0.3, 0.4) is 0 Å². The molecule has 1 unspecified atom stereocenters. The molecule has 0 fully saturated rings. The van der Waals surface area contributed by atoms with Crippen molar-refractivity contribution in [3.63, 3.8) is 0 Å². The van der Waals surface area contributed by atoms with Crippen LogP contribution in [0.4, 0.5) is 0 Å². The van der Waals surface area contributed by atoms with Gasteiger partial charge in [0.25, 0.3) is 0 Å². The fraction of sp³-hybridized carbons (Fsp3) is 0.316. The van der Waals surface area contributed by atoms with Crippen molar-refractivity contribution in [3.05, 3.63) is 71.3 Å². The van der Waals surface area contributed by atoms with E-state index in [1.807, 2.05) is 54.6 Å². The Morgan fingerprint density at radius 1 is 1.09 bits per heavy atom. The number of aliphatic hydroxyl groups excluding tert-OH is 1. The number of rotatable bonds is 4. The molecule has 0 aliphatic carbocycles. The highest BCUT2D eigenvalue weighted by molar-refractivity contribution is 5.95. The summed E-state index contributed by atoms with van der Waals surface area (Å²) in [4.78, 5) is 4.57. The maximum absolute atomic E-state index is 10.3. The third kappa shape index (κ3) is 3.37. The predicted octanol–water partition coefficient (Wildman–Crippen LogP) is 3.52. The van der Waals surface area contributed by atoms with Crippen LogP contribution in [0.1, 0.15) is 36.6 Å². The van der Waals surface area contributed by atoms with Gasteiger partial charge >= 0.3 is 0 Å². The summed E-state index contributed by atoms with van der Waals surface area (Å²) in [6.07, 6.45) is 0.120. The van der Waals surface area contributed by atoms with Crippen molar-refractivity contribution in [3.8, 4) is 0 Å². The molecule has 2 aromatic carbocycles. The van der Waals surface area contributed by atoms with E-state index in [-0.39, 0.29) is 5.54 Å². The number of ether oxygens (including phenoxy) is 1. The maximum Gasteiger partial charge on any atom is 0.216 e. The molecule has 22 heavy (non-hydrogen) atoms. The molecule has 3 rings (SSSR count). The highest BCUT2D eigenvalue weighted by atomic mass is 16.5. The molecule has 0 aromatic heterocycles. The van der Waals surface area contributed by atoms with E-state index >= 15 is 0 Å². The second-order valence-electron chi connectivity index (χ2n) is 6.35. The van der Waals surface area contributed by atoms with Crippen LogP contribution in [0.2, 0.25) is 0 Å². The Kier molecular flexibility index (Phi) is 3.99. The predicted molar refractivity (Wildman–Crippen MR) is 88.1 cm³/mol. The lowest BCUT2D eigenvalue weighted by Gasteiger charge is -2.11. The van der Waals surface area contributed by atoms with Crippen LogP contribution >= 0.6 is 0 Å². The lowest BCUT2D eigenvalue weighted by Crippen LogP contribution is -2.17. The van der Waals surface area contributed by atoms with E-state index in [2.05, 4.69) is 18.8 Å². The number of hydrogen-bond acceptors (Lipinski definition) is 3. The number of hydrogen-bond donors (Lipinski definition) is 1. The lowest BCUT2D eigenvalue weighted by molar-refractivity contribution is 0.178. The Morgan fingerprint density at radius 2 is 1.77 bits per heavy atom. The summed E-state index contributed by atoms with van der Waals surface area (Å²) in [6, 6.07) is 17.8. The molecule has 0 saturated heterocycles. The van der Waals surface area contributed by atoms with Gasteiger partial charge in [0, 0.05) is 12.0 Å². The number of nitrogens with zero attached hydrogens (tertiary/aromatic N) is 1. The lowest BCUT2D eigenvalue weighted by atomic mass is 10.0. The molecule has 0 amide bonds. The van der Waals surface area contributed by atoms with Crippen LogP contribution in [0.5, 0.6) is 0 Å². The Labute approximate surface area is 131 Å². The summed E-state index contributed by atoms with van der Waals surface area (Å²) in [7, 11) is 0. The van der Waals surface area contributed by atoms with Gasteiger partial charge in [-0.05, 0) is 37.1 Å². The van der Waals surface area contributed by atoms with Crippen LogP contribution in [0, 0.1) is 0 Å². The Hall–Kier alpha value is -2.13. The first-order valence-electron chi connectivity index (χ1n) is 7.58. The zero-order valence-corrected chi connectivity index (χ0v) is 13.0. The second-order valence-corrected chi connectivity index (χ2v) is 6.35. The maximum atomic E-state index is 10.3. The largest absolute Gasteiger partial charge is 0.475 e. The molecule has 114 valence electrons. The highest BCUT2D eigenvalue weighted by Gasteiger charge is 2.26. The van der Waals surface area contributed by atoms with Gasteiger partial charge in [-0.25, -0.2) is 4.99 Å². The van der Waals surface area contributed by atoms with Gasteiger partial charge in [-0.1, -0.05) is 42.5 Å². The van der Waals surface area contributed by atoms with Crippen molar-refractivity contribution in [2.75, 3.05) is 6.61 Å². The minimum atomic E-state index is -0.481. The fourth-order valence-corrected chi connectivity index (χ4v) is 2.53. The number of aliphatic hydroxyl groups is 1. The van der Waals surface area contributed by atoms with Gasteiger partial charge < -0.3 is 9.84 Å². The van der Waals surface area contributed by atoms with Gasteiger partial charge in [0.2, 0.25) is 5.90 Å². The van der Waals surface area contributed by atoms with Crippen molar-refractivity contribution in [1.29, 1.82) is 0 Å². The van der Waals surface area contributed by atoms with Crippen molar-refractivity contribution >= 4 is 5.90 Å². The van der Waals surface area contributed by atoms with Gasteiger partial charge in [-0.3, -0.25) is 0 Å². The molecule has 1 aliphatic rings. The van der Waals surface area contributed by atoms with Crippen LogP contribution in [0.15, 0.2) is 59.6 Å². The van der Waals surface area contributed by atoms with E-state index in [1.54, 1.807) is 0 Å². The third-order valence-electron chi connectivity index (χ3n) is 3.78. The first-order valence-corrected chi connectivity index (χ1v) is 7.58. The standard InChI is InChI=1S/C19H21NO2/c1-19(2)13-22-18(20-19)16-10-8-14(9-11-16)12-17(21)15-6-4-3-5-7-15/h3-11,17,21H,12-13H2,1-2H3. The van der Waals surface area contributed by atoms with Crippen LogP contribution < -0.4 is 0 Å². The van der Waals surface area contributed by atoms with E-state index in [9.17, 15) is 5.11 Å². The Bertz CT molecular complexity index is 660. The Balaban J connectivity index is 1.70. The van der Waals surface area contributed by atoms with Gasteiger partial charge in [-0.2, -0.15) is 0 Å². The van der Waals surface area contributed by atoms with Crippen molar-refractivity contribution in [2.24, 2.45) is 4.99 Å². The van der Waals surface area contributed by atoms with Crippen LogP contribution in [-0.2, 0) is 11.2 Å². The first-order chi connectivity index (χ1) is 10.5. The SMILES string of the molecule is CC1(C)COC(c2ccc(CC(O)c3ccccc3)cc2)=N1. The smallest absolute Gasteiger partial charge is 0.216 e. The third-order valence-corrected chi connectivity index (χ3v) is 3.78. The number of benzene rings is 2. The number of aliphatic imine (C=N–C) groups is 1. The summed E-state index contributed by atoms with van der Waals surface area (Å²) in [5.41, 5.74) is 2.88. The van der Waals surface area contributed by atoms with E-state index in [1.165, 1.54) is 0 Å². The summed E-state index contributed by atoms with van der Waals surface area (Å²) in [5.74, 6) is 0.708. The molecule has 2 aromatic rings. The minimum absolute atomic E-state index is 0.141.